The second kappa shape index (κ2) is 7.64. The Morgan fingerprint density at radius 1 is 1.09 bits per heavy atom. The van der Waals surface area contributed by atoms with E-state index in [1.807, 2.05) is 69.9 Å². The summed E-state index contributed by atoms with van der Waals surface area (Å²) in [6.45, 7) is 10.1. The molecule has 0 unspecified atom stereocenters. The van der Waals surface area contributed by atoms with E-state index >= 15 is 0 Å². The van der Waals surface area contributed by atoms with Crippen molar-refractivity contribution in [1.29, 1.82) is 0 Å². The molecule has 0 aliphatic heterocycles. The second-order valence-electron chi connectivity index (χ2n) is 6.03. The SMILES string of the molecule is CC(C)N(C(=O)[C@H](C)Sc1n[nH]c(-c2ccccc2)n1)C(C)C. The van der Waals surface area contributed by atoms with Crippen molar-refractivity contribution in [2.24, 2.45) is 0 Å². The van der Waals surface area contributed by atoms with E-state index in [4.69, 9.17) is 0 Å². The Balaban J connectivity index is 2.07. The number of carbonyl (C=O) groups excluding carboxylic acids is 1. The molecule has 1 amide bonds. The van der Waals surface area contributed by atoms with Crippen LogP contribution in [0.4, 0.5) is 0 Å². The number of thioether (sulfide) groups is 1. The highest BCUT2D eigenvalue weighted by atomic mass is 32.2. The van der Waals surface area contributed by atoms with Gasteiger partial charge in [-0.3, -0.25) is 9.89 Å². The van der Waals surface area contributed by atoms with Gasteiger partial charge in [-0.05, 0) is 34.6 Å². The molecule has 0 aliphatic rings. The van der Waals surface area contributed by atoms with Gasteiger partial charge in [-0.2, -0.15) is 0 Å². The maximum Gasteiger partial charge on any atom is 0.236 e. The highest BCUT2D eigenvalue weighted by Gasteiger charge is 2.26. The summed E-state index contributed by atoms with van der Waals surface area (Å²) in [7, 11) is 0. The fraction of sp³-hybridized carbons (Fsp3) is 0.471. The van der Waals surface area contributed by atoms with Gasteiger partial charge in [-0.15, -0.1) is 5.10 Å². The number of aromatic nitrogens is 3. The summed E-state index contributed by atoms with van der Waals surface area (Å²) >= 11 is 1.39. The number of amides is 1. The maximum atomic E-state index is 12.6. The van der Waals surface area contributed by atoms with Crippen LogP contribution >= 0.6 is 11.8 Å². The largest absolute Gasteiger partial charge is 0.337 e. The van der Waals surface area contributed by atoms with Crippen molar-refractivity contribution >= 4 is 17.7 Å². The average Bonchev–Trinajstić information content (AvgIpc) is 2.95. The zero-order chi connectivity index (χ0) is 17.0. The van der Waals surface area contributed by atoms with Crippen LogP contribution in [0, 0.1) is 0 Å². The Hall–Kier alpha value is -1.82. The molecule has 0 saturated heterocycles. The summed E-state index contributed by atoms with van der Waals surface area (Å²) in [5, 5.41) is 7.53. The number of rotatable bonds is 6. The first kappa shape index (κ1) is 17.5. The summed E-state index contributed by atoms with van der Waals surface area (Å²) < 4.78 is 0. The normalized spacial score (nSPS) is 12.7. The van der Waals surface area contributed by atoms with Gasteiger partial charge in [0, 0.05) is 17.6 Å². The molecule has 1 aromatic carbocycles. The minimum Gasteiger partial charge on any atom is -0.337 e. The van der Waals surface area contributed by atoms with Crippen LogP contribution in [0.1, 0.15) is 34.6 Å². The third-order valence-corrected chi connectivity index (χ3v) is 4.46. The molecule has 0 radical (unpaired) electrons. The molecule has 5 nitrogen and oxygen atoms in total. The summed E-state index contributed by atoms with van der Waals surface area (Å²) in [6.07, 6.45) is 0. The van der Waals surface area contributed by atoms with E-state index in [1.54, 1.807) is 0 Å². The molecule has 1 atom stereocenters. The van der Waals surface area contributed by atoms with Gasteiger partial charge in [0.25, 0.3) is 0 Å². The van der Waals surface area contributed by atoms with Gasteiger partial charge >= 0.3 is 0 Å². The molecule has 1 heterocycles. The van der Waals surface area contributed by atoms with Crippen LogP contribution < -0.4 is 0 Å². The first-order valence-corrected chi connectivity index (χ1v) is 8.74. The maximum absolute atomic E-state index is 12.6. The predicted octanol–water partition coefficient (Wildman–Crippen LogP) is 3.60. The molecule has 0 saturated carbocycles. The van der Waals surface area contributed by atoms with Crippen LogP contribution in [-0.4, -0.2) is 43.3 Å². The monoisotopic (exact) mass is 332 g/mol. The number of benzene rings is 1. The Bertz CT molecular complexity index is 631. The summed E-state index contributed by atoms with van der Waals surface area (Å²) in [6, 6.07) is 10.2. The van der Waals surface area contributed by atoms with Crippen molar-refractivity contribution in [2.45, 2.75) is 57.1 Å². The lowest BCUT2D eigenvalue weighted by Gasteiger charge is -2.32. The van der Waals surface area contributed by atoms with Crippen LogP contribution in [0.25, 0.3) is 11.4 Å². The fourth-order valence-corrected chi connectivity index (χ4v) is 3.33. The van der Waals surface area contributed by atoms with E-state index in [2.05, 4.69) is 15.2 Å². The molecule has 0 aliphatic carbocycles. The standard InChI is InChI=1S/C17H24N4OS/c1-11(2)21(12(3)4)16(22)13(5)23-17-18-15(19-20-17)14-9-7-6-8-10-14/h6-13H,1-5H3,(H,18,19,20)/t13-/m0/s1. The smallest absolute Gasteiger partial charge is 0.236 e. The Morgan fingerprint density at radius 2 is 1.70 bits per heavy atom. The zero-order valence-electron chi connectivity index (χ0n) is 14.3. The molecule has 0 spiro atoms. The van der Waals surface area contributed by atoms with E-state index in [0.717, 1.165) is 11.4 Å². The number of nitrogens with one attached hydrogen (secondary N) is 1. The minimum absolute atomic E-state index is 0.117. The predicted molar refractivity (Wildman–Crippen MR) is 94.3 cm³/mol. The lowest BCUT2D eigenvalue weighted by molar-refractivity contribution is -0.133. The van der Waals surface area contributed by atoms with Gasteiger partial charge in [-0.1, -0.05) is 42.1 Å². The number of H-pyrrole nitrogens is 1. The molecule has 0 fully saturated rings. The van der Waals surface area contributed by atoms with E-state index in [-0.39, 0.29) is 23.2 Å². The topological polar surface area (TPSA) is 61.9 Å². The first-order valence-electron chi connectivity index (χ1n) is 7.86. The van der Waals surface area contributed by atoms with Crippen molar-refractivity contribution in [2.75, 3.05) is 0 Å². The van der Waals surface area contributed by atoms with Gasteiger partial charge in [0.1, 0.15) is 0 Å². The number of nitrogens with zero attached hydrogens (tertiary/aromatic N) is 3. The Kier molecular flexibility index (Phi) is 5.82. The molecule has 1 aromatic heterocycles. The highest BCUT2D eigenvalue weighted by Crippen LogP contribution is 2.24. The summed E-state index contributed by atoms with van der Waals surface area (Å²) in [4.78, 5) is 19.0. The average molecular weight is 332 g/mol. The van der Waals surface area contributed by atoms with Gasteiger partial charge in [-0.25, -0.2) is 4.98 Å². The van der Waals surface area contributed by atoms with Gasteiger partial charge in [0.15, 0.2) is 5.82 Å². The molecule has 0 bridgehead atoms. The zero-order valence-corrected chi connectivity index (χ0v) is 15.1. The molecule has 2 aromatic rings. The van der Waals surface area contributed by atoms with Crippen LogP contribution in [0.5, 0.6) is 0 Å². The van der Waals surface area contributed by atoms with Crippen LogP contribution in [-0.2, 0) is 4.79 Å². The first-order chi connectivity index (χ1) is 10.9. The van der Waals surface area contributed by atoms with Crippen molar-refractivity contribution < 1.29 is 4.79 Å². The van der Waals surface area contributed by atoms with Crippen molar-refractivity contribution in [3.63, 3.8) is 0 Å². The van der Waals surface area contributed by atoms with E-state index < -0.39 is 0 Å². The lowest BCUT2D eigenvalue weighted by atomic mass is 10.2. The highest BCUT2D eigenvalue weighted by molar-refractivity contribution is 8.00. The number of carbonyl (C=O) groups is 1. The third-order valence-electron chi connectivity index (χ3n) is 3.51. The molecule has 6 heteroatoms. The van der Waals surface area contributed by atoms with Crippen molar-refractivity contribution in [3.8, 4) is 11.4 Å². The summed E-state index contributed by atoms with van der Waals surface area (Å²) in [5.41, 5.74) is 0.983. The molecule has 124 valence electrons. The number of aromatic amines is 1. The van der Waals surface area contributed by atoms with Crippen molar-refractivity contribution in [3.05, 3.63) is 30.3 Å². The minimum atomic E-state index is -0.223. The molecule has 23 heavy (non-hydrogen) atoms. The Labute approximate surface area is 141 Å². The third kappa shape index (κ3) is 4.34. The summed E-state index contributed by atoms with van der Waals surface area (Å²) in [5.74, 6) is 0.836. The van der Waals surface area contributed by atoms with Gasteiger partial charge in [0.2, 0.25) is 11.1 Å². The van der Waals surface area contributed by atoms with Gasteiger partial charge < -0.3 is 4.90 Å². The van der Waals surface area contributed by atoms with Crippen LogP contribution in [0.3, 0.4) is 0 Å². The number of hydrogen-bond donors (Lipinski definition) is 1. The quantitative estimate of drug-likeness (QED) is 0.821. The van der Waals surface area contributed by atoms with Crippen molar-refractivity contribution in [1.82, 2.24) is 20.1 Å². The van der Waals surface area contributed by atoms with Gasteiger partial charge in [0.05, 0.1) is 5.25 Å². The molecular formula is C17H24N4OS. The van der Waals surface area contributed by atoms with Crippen LogP contribution in [0.2, 0.25) is 0 Å². The molecule has 1 N–H and O–H groups in total. The Morgan fingerprint density at radius 3 is 2.26 bits per heavy atom. The second-order valence-corrected chi connectivity index (χ2v) is 7.33. The fourth-order valence-electron chi connectivity index (χ4n) is 2.55. The van der Waals surface area contributed by atoms with E-state index in [0.29, 0.717) is 5.16 Å². The van der Waals surface area contributed by atoms with E-state index in [1.165, 1.54) is 11.8 Å². The lowest BCUT2D eigenvalue weighted by Crippen LogP contribution is -2.45. The van der Waals surface area contributed by atoms with Crippen LogP contribution in [0.15, 0.2) is 35.5 Å². The van der Waals surface area contributed by atoms with E-state index in [9.17, 15) is 4.79 Å². The number of hydrogen-bond acceptors (Lipinski definition) is 4. The molecular weight excluding hydrogens is 308 g/mol. The molecule has 2 rings (SSSR count).